The zero-order valence-electron chi connectivity index (χ0n) is 30.8. The molecule has 2 unspecified atom stereocenters. The van der Waals surface area contributed by atoms with Gasteiger partial charge in [-0.1, -0.05) is 49.1 Å². The molecule has 1 amide bonds. The van der Waals surface area contributed by atoms with Crippen molar-refractivity contribution in [2.75, 3.05) is 30.7 Å². The van der Waals surface area contributed by atoms with Crippen molar-refractivity contribution in [2.45, 2.75) is 83.8 Å². The molecule has 0 bridgehead atoms. The number of aromatic nitrogens is 4. The first-order valence-corrected chi connectivity index (χ1v) is 17.6. The summed E-state index contributed by atoms with van der Waals surface area (Å²) in [6, 6.07) is 5.07. The maximum absolute atomic E-state index is 12.9. The number of amides is 1. The van der Waals surface area contributed by atoms with Gasteiger partial charge in [-0.05, 0) is 44.0 Å². The summed E-state index contributed by atoms with van der Waals surface area (Å²) in [4.78, 5) is 67.2. The summed E-state index contributed by atoms with van der Waals surface area (Å²) in [6.45, 7) is 10.0. The number of carbonyl (C=O) groups is 2. The number of hydrogen-bond donors (Lipinski definition) is 8. The number of nitrogens with zero attached hydrogens (tertiary/aromatic N) is 7. The van der Waals surface area contributed by atoms with Gasteiger partial charge in [-0.3, -0.25) is 29.8 Å². The number of rotatable bonds is 13. The number of benzene rings is 1. The van der Waals surface area contributed by atoms with Gasteiger partial charge in [0.15, 0.2) is 11.2 Å². The zero-order valence-corrected chi connectivity index (χ0v) is 32.7. The Kier molecular flexibility index (Phi) is 17.2. The monoisotopic (exact) mass is 852 g/mol. The molecule has 0 saturated carbocycles. The van der Waals surface area contributed by atoms with Gasteiger partial charge < -0.3 is 42.2 Å². The molecule has 3 heterocycles. The Balaban J connectivity index is 0.00000399. The number of H-pyrrole nitrogens is 1. The first kappa shape index (κ1) is 44.5. The number of nitrogens with two attached hydrogens (primary N) is 1. The predicted molar refractivity (Wildman–Crippen MR) is 195 cm³/mol. The molecular weight excluding hydrogens is 808 g/mol. The summed E-state index contributed by atoms with van der Waals surface area (Å²) in [5.74, 6) is -1.91. The van der Waals surface area contributed by atoms with Crippen molar-refractivity contribution in [1.82, 2.24) is 36.2 Å². The predicted octanol–water partition coefficient (Wildman–Crippen LogP) is 1.48. The number of aliphatic carboxylic acids is 1. The van der Waals surface area contributed by atoms with Gasteiger partial charge in [-0.2, -0.15) is 4.98 Å². The van der Waals surface area contributed by atoms with Crippen LogP contribution >= 0.6 is 0 Å². The molecule has 22 nitrogen and oxygen atoms in total. The van der Waals surface area contributed by atoms with Gasteiger partial charge in [-0.15, -0.1) is 6.54 Å². The third-order valence-electron chi connectivity index (χ3n) is 8.17. The number of aliphatic hydroxyl groups is 1. The van der Waals surface area contributed by atoms with E-state index in [2.05, 4.69) is 62.6 Å². The number of aliphatic hydroxyl groups excluding tert-OH is 1. The first-order chi connectivity index (χ1) is 26.1. The molecule has 1 aliphatic heterocycles. The third kappa shape index (κ3) is 14.1. The fourth-order valence-electron chi connectivity index (χ4n) is 4.75. The molecule has 4 rings (SSSR count). The number of nitrogens with one attached hydrogen (secondary N) is 5. The van der Waals surface area contributed by atoms with Crippen LogP contribution in [0.5, 0.6) is 0 Å². The van der Waals surface area contributed by atoms with Crippen LogP contribution in [0.4, 0.5) is 11.6 Å². The Labute approximate surface area is 326 Å². The number of hydroxylamine groups is 1. The van der Waals surface area contributed by atoms with Crippen LogP contribution in [0, 0.1) is 0 Å². The molecule has 23 heteroatoms. The number of hydrogen-bond acceptors (Lipinski definition) is 17. The van der Waals surface area contributed by atoms with E-state index in [4.69, 9.17) is 24.0 Å². The number of nitrogen functional groups attached to an aromatic ring is 1. The summed E-state index contributed by atoms with van der Waals surface area (Å²) < 4.78 is 8.22. The van der Waals surface area contributed by atoms with Gasteiger partial charge in [0.05, 0.1) is 24.1 Å². The van der Waals surface area contributed by atoms with Crippen LogP contribution < -0.4 is 32.9 Å². The second kappa shape index (κ2) is 21.3. The molecule has 2 aromatic heterocycles. The fourth-order valence-corrected chi connectivity index (χ4v) is 4.75. The van der Waals surface area contributed by atoms with E-state index in [1.54, 1.807) is 19.1 Å². The normalized spacial score (nSPS) is 18.9. The van der Waals surface area contributed by atoms with E-state index in [9.17, 15) is 24.6 Å². The summed E-state index contributed by atoms with van der Waals surface area (Å²) in [7, 11) is 0. The van der Waals surface area contributed by atoms with Crippen molar-refractivity contribution in [2.24, 2.45) is 10.3 Å². The van der Waals surface area contributed by atoms with E-state index in [0.717, 1.165) is 18.9 Å². The Hall–Kier alpha value is -4.87. The minimum atomic E-state index is -1.26. The quantitative estimate of drug-likeness (QED) is 0.113. The van der Waals surface area contributed by atoms with Crippen LogP contribution in [0.3, 0.4) is 0 Å². The van der Waals surface area contributed by atoms with Crippen molar-refractivity contribution in [3.05, 3.63) is 62.9 Å². The zero-order chi connectivity index (χ0) is 40.6. The van der Waals surface area contributed by atoms with E-state index < -0.39 is 40.8 Å². The van der Waals surface area contributed by atoms with Crippen LogP contribution in [-0.2, 0) is 48.4 Å². The van der Waals surface area contributed by atoms with E-state index >= 15 is 0 Å². The van der Waals surface area contributed by atoms with Crippen LogP contribution in [0.1, 0.15) is 69.9 Å². The van der Waals surface area contributed by atoms with Crippen LogP contribution in [-0.4, -0.2) is 96.5 Å². The molecule has 0 radical (unpaired) electrons. The molecule has 9 N–H and O–H groups in total. The molecule has 0 aliphatic carbocycles. The van der Waals surface area contributed by atoms with E-state index in [1.807, 2.05) is 27.7 Å². The standard InChI is InChI=1S/C32H45N13O8.O.Tc/c1-18-31(2,3)44-51-15-14-37-32(4,5)23(43-53-45-52-42-18)12-13-34-24(46)11-10-22(29(49)50)39-27(47)19-6-8-20(9-7-19)35-16-21-17-36-26-25(38-21)28(48)41-30(33)40-26;;/h6-9,17,22,24,34-35,45-46H,10-16H2,1-5H3,(H,39,47)(H,49,50)(H3,33,36,40,41,48);;/q-2;;+2/b42-18+,43-23+;;. The van der Waals surface area contributed by atoms with Gasteiger partial charge in [0.1, 0.15) is 12.3 Å². The topological polar surface area (TPSA) is 318 Å². The molecule has 0 spiro atoms. The van der Waals surface area contributed by atoms with Crippen molar-refractivity contribution in [3.63, 3.8) is 0 Å². The van der Waals surface area contributed by atoms with Gasteiger partial charge in [-0.25, -0.2) is 14.8 Å². The van der Waals surface area contributed by atoms with Crippen molar-refractivity contribution in [3.8, 4) is 0 Å². The van der Waals surface area contributed by atoms with Crippen molar-refractivity contribution >= 4 is 46.1 Å². The average Bonchev–Trinajstić information content (AvgIpc) is 3.14. The molecule has 0 saturated heterocycles. The molecule has 0 fully saturated rings. The van der Waals surface area contributed by atoms with Crippen molar-refractivity contribution in [1.29, 1.82) is 0 Å². The summed E-state index contributed by atoms with van der Waals surface area (Å²) in [5.41, 5.74) is 12.4. The third-order valence-corrected chi connectivity index (χ3v) is 8.17. The molecule has 2 atom stereocenters. The number of oxime groups is 2. The minimum absolute atomic E-state index is 0.0216. The second-order valence-electron chi connectivity index (χ2n) is 13.0. The van der Waals surface area contributed by atoms with E-state index in [0.29, 0.717) is 35.8 Å². The molecule has 55 heavy (non-hydrogen) atoms. The van der Waals surface area contributed by atoms with Gasteiger partial charge in [0.25, 0.3) is 11.5 Å². The Morgan fingerprint density at radius 2 is 1.78 bits per heavy atom. The van der Waals surface area contributed by atoms with Crippen LogP contribution in [0.15, 0.2) is 45.6 Å². The number of carboxylic acid groups (broad SMARTS) is 1. The van der Waals surface area contributed by atoms with Crippen LogP contribution in [0.2, 0.25) is 0 Å². The second-order valence-corrected chi connectivity index (χ2v) is 13.0. The Bertz CT molecular complexity index is 1860. The summed E-state index contributed by atoms with van der Waals surface area (Å²) in [5, 5.41) is 41.6. The van der Waals surface area contributed by atoms with Crippen LogP contribution in [0.25, 0.3) is 22.0 Å². The van der Waals surface area contributed by atoms with Gasteiger partial charge in [0, 0.05) is 42.2 Å². The number of fused-ring (bicyclic) bond motifs is 1. The molecule has 1 aromatic carbocycles. The molecular formula is C32H45N13O9Tc. The fraction of sp³-hybridized carbons (Fsp3) is 0.500. The summed E-state index contributed by atoms with van der Waals surface area (Å²) >= 11 is 0.900. The van der Waals surface area contributed by atoms with Crippen molar-refractivity contribution < 1.29 is 56.9 Å². The maximum atomic E-state index is 12.9. The Morgan fingerprint density at radius 3 is 2.49 bits per heavy atom. The number of aromatic amines is 1. The summed E-state index contributed by atoms with van der Waals surface area (Å²) in [6.07, 6.45) is 0.637. The number of anilines is 2. The van der Waals surface area contributed by atoms with E-state index in [1.165, 1.54) is 18.3 Å². The number of carbonyl (C=O) groups excluding carboxylic acids is 1. The molecule has 299 valence electrons. The molecule has 1 aliphatic rings. The number of carboxylic acids is 1. The van der Waals surface area contributed by atoms with Gasteiger partial charge in [0.2, 0.25) is 5.95 Å². The first-order valence-electron chi connectivity index (χ1n) is 16.8. The average molecular weight is 854 g/mol. The molecule has 3 aromatic rings. The van der Waals surface area contributed by atoms with Gasteiger partial charge >= 0.3 is 28.3 Å². The Morgan fingerprint density at radius 1 is 1.07 bits per heavy atom. The SMILES string of the molecule is C/C1=N\ONO/N=C(\CCNC(O)CCC(NC(=O)c2ccc(NCc3cnc4nc(N)[nH]c(=O)c4n3)cc2)C(=O)O)C(C)(C)[N-]CCO[N-]C1(C)C.[O]=[Tc+2]. The van der Waals surface area contributed by atoms with E-state index in [-0.39, 0.29) is 55.2 Å².